The van der Waals surface area contributed by atoms with Gasteiger partial charge in [-0.3, -0.25) is 4.79 Å². The molecule has 2 rings (SSSR count). The number of anilines is 1. The molecule has 21 heavy (non-hydrogen) atoms. The summed E-state index contributed by atoms with van der Waals surface area (Å²) < 4.78 is 18.5. The van der Waals surface area contributed by atoms with Gasteiger partial charge in [0.2, 0.25) is 5.91 Å². The molecule has 0 aliphatic rings. The lowest BCUT2D eigenvalue weighted by atomic mass is 9.97. The number of rotatable bonds is 3. The lowest BCUT2D eigenvalue weighted by Crippen LogP contribution is -2.14. The Hall–Kier alpha value is -2.17. The van der Waals surface area contributed by atoms with Crippen molar-refractivity contribution in [2.24, 2.45) is 0 Å². The fourth-order valence-electron chi connectivity index (χ4n) is 1.80. The minimum absolute atomic E-state index is 0.103. The van der Waals surface area contributed by atoms with Crippen LogP contribution < -0.4 is 5.32 Å². The Morgan fingerprint density at radius 2 is 1.90 bits per heavy atom. The van der Waals surface area contributed by atoms with Crippen LogP contribution >= 0.6 is 0 Å². The molecular weight excluding hydrogens is 271 g/mol. The second kappa shape index (κ2) is 5.68. The van der Waals surface area contributed by atoms with Gasteiger partial charge < -0.3 is 9.73 Å². The van der Waals surface area contributed by atoms with Gasteiger partial charge in [0.25, 0.3) is 0 Å². The van der Waals surface area contributed by atoms with E-state index in [0.29, 0.717) is 23.0 Å². The number of hydrogen-bond donors (Lipinski definition) is 1. The SMILES string of the molecule is Cc1nc(C(C)(C)C)oc1CC(=O)Nc1ccc(F)cc1. The average molecular weight is 290 g/mol. The summed E-state index contributed by atoms with van der Waals surface area (Å²) in [5.41, 5.74) is 1.07. The zero-order valence-electron chi connectivity index (χ0n) is 12.7. The number of halogens is 1. The Kier molecular flexibility index (Phi) is 4.11. The summed E-state index contributed by atoms with van der Waals surface area (Å²) >= 11 is 0. The standard InChI is InChI=1S/C16H19FN2O2/c1-10-13(21-15(18-10)16(2,3)4)9-14(20)19-12-7-5-11(17)6-8-12/h5-8H,9H2,1-4H3,(H,19,20). The fraction of sp³-hybridized carbons (Fsp3) is 0.375. The van der Waals surface area contributed by atoms with Crippen molar-refractivity contribution in [3.05, 3.63) is 47.4 Å². The van der Waals surface area contributed by atoms with E-state index in [0.717, 1.165) is 0 Å². The van der Waals surface area contributed by atoms with Crippen LogP contribution in [0.25, 0.3) is 0 Å². The highest BCUT2D eigenvalue weighted by Crippen LogP contribution is 2.24. The molecule has 112 valence electrons. The van der Waals surface area contributed by atoms with Gasteiger partial charge in [0.1, 0.15) is 11.6 Å². The number of carbonyl (C=O) groups excluding carboxylic acids is 1. The number of oxazole rings is 1. The highest BCUT2D eigenvalue weighted by molar-refractivity contribution is 5.91. The summed E-state index contributed by atoms with van der Waals surface area (Å²) in [5, 5.41) is 2.70. The molecular formula is C16H19FN2O2. The lowest BCUT2D eigenvalue weighted by Gasteiger charge is -2.12. The normalized spacial score (nSPS) is 11.5. The van der Waals surface area contributed by atoms with Gasteiger partial charge in [-0.05, 0) is 31.2 Å². The number of amides is 1. The summed E-state index contributed by atoms with van der Waals surface area (Å²) in [6.45, 7) is 7.82. The predicted molar refractivity (Wildman–Crippen MR) is 78.7 cm³/mol. The van der Waals surface area contributed by atoms with Crippen LogP contribution in [0, 0.1) is 12.7 Å². The van der Waals surface area contributed by atoms with Crippen LogP contribution in [0.15, 0.2) is 28.7 Å². The van der Waals surface area contributed by atoms with E-state index in [1.54, 1.807) is 0 Å². The number of nitrogens with one attached hydrogen (secondary N) is 1. The van der Waals surface area contributed by atoms with Crippen LogP contribution in [-0.2, 0) is 16.6 Å². The van der Waals surface area contributed by atoms with Crippen LogP contribution in [0.5, 0.6) is 0 Å². The number of aryl methyl sites for hydroxylation is 1. The third-order valence-corrected chi connectivity index (χ3v) is 2.98. The van der Waals surface area contributed by atoms with Crippen LogP contribution in [-0.4, -0.2) is 10.9 Å². The average Bonchev–Trinajstić information content (AvgIpc) is 2.74. The summed E-state index contributed by atoms with van der Waals surface area (Å²) in [5.74, 6) is 0.610. The van der Waals surface area contributed by atoms with Crippen molar-refractivity contribution in [2.45, 2.75) is 39.5 Å². The maximum absolute atomic E-state index is 12.8. The van der Waals surface area contributed by atoms with Crippen LogP contribution in [0.3, 0.4) is 0 Å². The van der Waals surface area contributed by atoms with Crippen LogP contribution in [0.2, 0.25) is 0 Å². The van der Waals surface area contributed by atoms with Crippen molar-refractivity contribution in [1.29, 1.82) is 0 Å². The maximum Gasteiger partial charge on any atom is 0.232 e. The van der Waals surface area contributed by atoms with Crippen molar-refractivity contribution < 1.29 is 13.6 Å². The second-order valence-electron chi connectivity index (χ2n) is 6.01. The molecule has 0 unspecified atom stereocenters. The van der Waals surface area contributed by atoms with E-state index in [9.17, 15) is 9.18 Å². The van der Waals surface area contributed by atoms with E-state index in [1.807, 2.05) is 27.7 Å². The quantitative estimate of drug-likeness (QED) is 0.939. The van der Waals surface area contributed by atoms with E-state index < -0.39 is 0 Å². The zero-order chi connectivity index (χ0) is 15.6. The van der Waals surface area contributed by atoms with Gasteiger partial charge in [-0.1, -0.05) is 20.8 Å². The van der Waals surface area contributed by atoms with Gasteiger partial charge in [0.05, 0.1) is 12.1 Å². The maximum atomic E-state index is 12.8. The van der Waals surface area contributed by atoms with Crippen molar-refractivity contribution in [3.8, 4) is 0 Å². The molecule has 0 saturated carbocycles. The number of benzene rings is 1. The molecule has 2 aromatic rings. The van der Waals surface area contributed by atoms with E-state index in [4.69, 9.17) is 4.42 Å². The van der Waals surface area contributed by atoms with Crippen molar-refractivity contribution in [3.63, 3.8) is 0 Å². The molecule has 4 nitrogen and oxygen atoms in total. The monoisotopic (exact) mass is 290 g/mol. The molecule has 0 atom stereocenters. The number of aromatic nitrogens is 1. The molecule has 1 N–H and O–H groups in total. The molecule has 1 aromatic heterocycles. The Labute approximate surface area is 123 Å². The topological polar surface area (TPSA) is 55.1 Å². The molecule has 1 amide bonds. The Morgan fingerprint density at radius 1 is 1.29 bits per heavy atom. The van der Waals surface area contributed by atoms with Crippen molar-refractivity contribution in [2.75, 3.05) is 5.32 Å². The number of nitrogens with zero attached hydrogens (tertiary/aromatic N) is 1. The fourth-order valence-corrected chi connectivity index (χ4v) is 1.80. The number of carbonyl (C=O) groups is 1. The summed E-state index contributed by atoms with van der Waals surface area (Å²) in [4.78, 5) is 16.3. The predicted octanol–water partition coefficient (Wildman–Crippen LogP) is 3.60. The molecule has 0 radical (unpaired) electrons. The van der Waals surface area contributed by atoms with Crippen molar-refractivity contribution in [1.82, 2.24) is 4.98 Å². The van der Waals surface area contributed by atoms with Gasteiger partial charge >= 0.3 is 0 Å². The summed E-state index contributed by atoms with van der Waals surface area (Å²) in [6.07, 6.45) is 0.103. The molecule has 1 aromatic carbocycles. The third-order valence-electron chi connectivity index (χ3n) is 2.98. The Morgan fingerprint density at radius 3 is 2.43 bits per heavy atom. The summed E-state index contributed by atoms with van der Waals surface area (Å²) in [7, 11) is 0. The first-order valence-electron chi connectivity index (χ1n) is 6.78. The van der Waals surface area contributed by atoms with E-state index in [1.165, 1.54) is 24.3 Å². The minimum Gasteiger partial charge on any atom is -0.444 e. The highest BCUT2D eigenvalue weighted by Gasteiger charge is 2.23. The largest absolute Gasteiger partial charge is 0.444 e. The molecule has 1 heterocycles. The van der Waals surface area contributed by atoms with Crippen LogP contribution in [0.1, 0.15) is 38.1 Å². The third kappa shape index (κ3) is 3.90. The first kappa shape index (κ1) is 15.2. The highest BCUT2D eigenvalue weighted by atomic mass is 19.1. The molecule has 5 heteroatoms. The second-order valence-corrected chi connectivity index (χ2v) is 6.01. The molecule has 0 saturated heterocycles. The molecule has 0 aliphatic heterocycles. The lowest BCUT2D eigenvalue weighted by molar-refractivity contribution is -0.115. The first-order chi connectivity index (χ1) is 9.75. The van der Waals surface area contributed by atoms with Gasteiger partial charge in [0, 0.05) is 11.1 Å². The smallest absolute Gasteiger partial charge is 0.232 e. The first-order valence-corrected chi connectivity index (χ1v) is 6.78. The van der Waals surface area contributed by atoms with E-state index in [2.05, 4.69) is 10.3 Å². The summed E-state index contributed by atoms with van der Waals surface area (Å²) in [6, 6.07) is 5.63. The van der Waals surface area contributed by atoms with Crippen molar-refractivity contribution >= 4 is 11.6 Å². The molecule has 0 bridgehead atoms. The molecule has 0 aliphatic carbocycles. The Balaban J connectivity index is 2.06. The molecule has 0 fully saturated rings. The Bertz CT molecular complexity index is 639. The minimum atomic E-state index is -0.339. The zero-order valence-corrected chi connectivity index (χ0v) is 12.7. The van der Waals surface area contributed by atoms with E-state index in [-0.39, 0.29) is 23.6 Å². The van der Waals surface area contributed by atoms with Gasteiger partial charge in [-0.15, -0.1) is 0 Å². The van der Waals surface area contributed by atoms with Gasteiger partial charge in [0.15, 0.2) is 5.89 Å². The number of hydrogen-bond acceptors (Lipinski definition) is 3. The van der Waals surface area contributed by atoms with Gasteiger partial charge in [-0.2, -0.15) is 0 Å². The van der Waals surface area contributed by atoms with E-state index >= 15 is 0 Å². The van der Waals surface area contributed by atoms with Crippen LogP contribution in [0.4, 0.5) is 10.1 Å². The van der Waals surface area contributed by atoms with Gasteiger partial charge in [-0.25, -0.2) is 9.37 Å². The molecule has 0 spiro atoms.